The Morgan fingerprint density at radius 3 is 1.25 bits per heavy atom. The number of fused-ring (bicyclic) bond motifs is 8. The van der Waals surface area contributed by atoms with Crippen molar-refractivity contribution < 1.29 is 12.3 Å². The van der Waals surface area contributed by atoms with Crippen LogP contribution in [0.1, 0.15) is 101 Å². The number of benzene rings is 7. The third kappa shape index (κ3) is 6.70. The zero-order valence-electron chi connectivity index (χ0n) is 35.2. The first-order chi connectivity index (χ1) is 28.9. The van der Waals surface area contributed by atoms with Gasteiger partial charge in [0.15, 0.2) is 0 Å². The van der Waals surface area contributed by atoms with Crippen LogP contribution < -0.4 is 12.3 Å². The van der Waals surface area contributed by atoms with Gasteiger partial charge in [-0.2, -0.15) is 0 Å². The van der Waals surface area contributed by atoms with E-state index >= 15 is 0 Å². The SMILES string of the molecule is CCC[CH2][Sn]1([CH2]CCC)[O]c2cc3ccc(C4(c5ccc6cc7c(cc6c5)[O][Sn]([CH2]CCC)([CH2]CCC)[O]7)c5ccccc5-c5cc6ccccc6cc54)cc3cc2[O]1. The molecule has 0 bridgehead atoms. The van der Waals surface area contributed by atoms with Gasteiger partial charge in [0.2, 0.25) is 0 Å². The average Bonchev–Trinajstić information content (AvgIpc) is 3.90. The van der Waals surface area contributed by atoms with Crippen LogP contribution in [0, 0.1) is 0 Å². The van der Waals surface area contributed by atoms with Crippen LogP contribution in [0.2, 0.25) is 17.7 Å². The summed E-state index contributed by atoms with van der Waals surface area (Å²) < 4.78 is 32.5. The molecule has 0 aromatic heterocycles. The summed E-state index contributed by atoms with van der Waals surface area (Å²) in [6.07, 6.45) is 9.34. The van der Waals surface area contributed by atoms with E-state index < -0.39 is 43.8 Å². The van der Waals surface area contributed by atoms with E-state index in [9.17, 15) is 0 Å². The van der Waals surface area contributed by atoms with Crippen molar-refractivity contribution in [2.75, 3.05) is 0 Å². The molecule has 0 atom stereocenters. The number of hydrogen-bond acceptors (Lipinski definition) is 4. The fourth-order valence-electron chi connectivity index (χ4n) is 10.3. The molecule has 0 unspecified atom stereocenters. The molecule has 0 spiro atoms. The Balaban J connectivity index is 1.16. The summed E-state index contributed by atoms with van der Waals surface area (Å²) >= 11 is -6.59. The van der Waals surface area contributed by atoms with E-state index in [4.69, 9.17) is 12.3 Å². The summed E-state index contributed by atoms with van der Waals surface area (Å²) in [4.78, 5) is 0. The zero-order valence-corrected chi connectivity index (χ0v) is 40.9. The van der Waals surface area contributed by atoms with Crippen LogP contribution in [0.5, 0.6) is 23.0 Å². The predicted molar refractivity (Wildman–Crippen MR) is 249 cm³/mol. The van der Waals surface area contributed by atoms with Gasteiger partial charge in [-0.15, -0.1) is 0 Å². The molecule has 1 aliphatic carbocycles. The number of unbranched alkanes of at least 4 members (excludes halogenated alkanes) is 4. The van der Waals surface area contributed by atoms with Crippen molar-refractivity contribution in [1.29, 1.82) is 0 Å². The second-order valence-electron chi connectivity index (χ2n) is 17.4. The maximum atomic E-state index is 7.06. The summed E-state index contributed by atoms with van der Waals surface area (Å²) in [5.74, 6) is 3.81. The molecule has 0 fully saturated rings. The first-order valence-corrected chi connectivity index (χ1v) is 35.2. The van der Waals surface area contributed by atoms with E-state index in [-0.39, 0.29) is 0 Å². The summed E-state index contributed by atoms with van der Waals surface area (Å²) in [6.45, 7) is 9.09. The van der Waals surface area contributed by atoms with Crippen molar-refractivity contribution in [3.63, 3.8) is 0 Å². The molecule has 7 aromatic rings. The fourth-order valence-corrected chi connectivity index (χ4v) is 30.9. The van der Waals surface area contributed by atoms with Gasteiger partial charge in [0.25, 0.3) is 0 Å². The van der Waals surface area contributed by atoms with Gasteiger partial charge < -0.3 is 0 Å². The van der Waals surface area contributed by atoms with Crippen LogP contribution in [-0.2, 0) is 5.41 Å². The van der Waals surface area contributed by atoms with Gasteiger partial charge in [-0.1, -0.05) is 6.07 Å². The normalized spacial score (nSPS) is 16.2. The van der Waals surface area contributed by atoms with Crippen LogP contribution >= 0.6 is 0 Å². The number of rotatable bonds is 14. The van der Waals surface area contributed by atoms with Crippen molar-refractivity contribution in [3.8, 4) is 34.1 Å². The molecule has 2 aliphatic heterocycles. The second kappa shape index (κ2) is 15.9. The van der Waals surface area contributed by atoms with Crippen molar-refractivity contribution in [1.82, 2.24) is 0 Å². The minimum absolute atomic E-state index is 0.568. The molecule has 0 amide bonds. The van der Waals surface area contributed by atoms with Crippen LogP contribution in [0.3, 0.4) is 0 Å². The second-order valence-corrected chi connectivity index (χ2v) is 35.8. The summed E-state index contributed by atoms with van der Waals surface area (Å²) in [5.41, 5.74) is 7.17. The Hall–Kier alpha value is -3.88. The van der Waals surface area contributed by atoms with Gasteiger partial charge in [-0.05, 0) is 0 Å². The predicted octanol–water partition coefficient (Wildman–Crippen LogP) is 15.1. The summed E-state index contributed by atoms with van der Waals surface area (Å²) in [7, 11) is 0. The van der Waals surface area contributed by atoms with Gasteiger partial charge in [0.1, 0.15) is 0 Å². The Labute approximate surface area is 360 Å². The Morgan fingerprint density at radius 2 is 0.780 bits per heavy atom. The van der Waals surface area contributed by atoms with Crippen molar-refractivity contribution in [3.05, 3.63) is 144 Å². The molecule has 2 heterocycles. The Bertz CT molecular complexity index is 2580. The van der Waals surface area contributed by atoms with Crippen molar-refractivity contribution >= 4 is 70.7 Å². The molecule has 0 saturated heterocycles. The molecular weight excluding hydrogens is 938 g/mol. The standard InChI is InChI=1S/C37H24O4.4C4H9.2Sn/c38-33-17-23-9-11-27(13-25(23)19-35(33)40)37(28-12-10-24-18-34(39)36(41)20-26(24)14-28)31-8-4-3-7-29(31)30-15-21-5-1-2-6-22(21)16-32(30)37;4*1-3-4-2;;/h1-20,38-41H;4*1,3-4H2,2H3;;/q;;;;;2*+2/p-4. The van der Waals surface area contributed by atoms with Crippen LogP contribution in [0.4, 0.5) is 0 Å². The molecule has 6 heteroatoms. The van der Waals surface area contributed by atoms with E-state index in [1.807, 2.05) is 0 Å². The molecule has 0 radical (unpaired) electrons. The van der Waals surface area contributed by atoms with Gasteiger partial charge in [-0.3, -0.25) is 0 Å². The molecule has 7 aromatic carbocycles. The van der Waals surface area contributed by atoms with Gasteiger partial charge >= 0.3 is 357 Å². The van der Waals surface area contributed by atoms with Gasteiger partial charge in [0, 0.05) is 0 Å². The van der Waals surface area contributed by atoms with E-state index in [0.29, 0.717) is 0 Å². The average molecular weight is 994 g/mol. The van der Waals surface area contributed by atoms with Crippen molar-refractivity contribution in [2.45, 2.75) is 102 Å². The molecule has 300 valence electrons. The summed E-state index contributed by atoms with van der Waals surface area (Å²) in [5, 5.41) is 7.28. The summed E-state index contributed by atoms with van der Waals surface area (Å²) in [6, 6.07) is 46.2. The van der Waals surface area contributed by atoms with Crippen LogP contribution in [-0.4, -0.2) is 38.4 Å². The van der Waals surface area contributed by atoms with Crippen LogP contribution in [0.25, 0.3) is 43.4 Å². The molecule has 0 saturated carbocycles. The maximum absolute atomic E-state index is 7.06. The van der Waals surface area contributed by atoms with E-state index in [1.54, 1.807) is 0 Å². The molecule has 3 aliphatic rings. The molecule has 10 rings (SSSR count). The minimum atomic E-state index is -3.29. The monoisotopic (exact) mass is 996 g/mol. The quantitative estimate of drug-likeness (QED) is 0.102. The van der Waals surface area contributed by atoms with E-state index in [0.717, 1.165) is 40.7 Å². The third-order valence-electron chi connectivity index (χ3n) is 13.4. The number of hydrogen-bond donors (Lipinski definition) is 0. The molecule has 0 N–H and O–H groups in total. The van der Waals surface area contributed by atoms with E-state index in [1.165, 1.54) is 117 Å². The van der Waals surface area contributed by atoms with E-state index in [2.05, 4.69) is 149 Å². The third-order valence-corrected chi connectivity index (χ3v) is 32.9. The first-order valence-electron chi connectivity index (χ1n) is 22.5. The van der Waals surface area contributed by atoms with Crippen LogP contribution in [0.15, 0.2) is 121 Å². The Morgan fingerprint density at radius 1 is 0.373 bits per heavy atom. The Kier molecular flexibility index (Phi) is 10.6. The fraction of sp³-hybridized carbons (Fsp3) is 0.321. The molecular formula is C53H56O4Sn2. The van der Waals surface area contributed by atoms with Gasteiger partial charge in [0.05, 0.1) is 0 Å². The zero-order chi connectivity index (χ0) is 40.2. The molecule has 4 nitrogen and oxygen atoms in total. The van der Waals surface area contributed by atoms with Crippen molar-refractivity contribution in [2.24, 2.45) is 0 Å². The first kappa shape index (κ1) is 39.3. The van der Waals surface area contributed by atoms with Gasteiger partial charge in [-0.25, -0.2) is 0 Å². The molecule has 59 heavy (non-hydrogen) atoms. The topological polar surface area (TPSA) is 36.9 Å².